The average molecular weight is 329 g/mol. The summed E-state index contributed by atoms with van der Waals surface area (Å²) >= 11 is 0. The topological polar surface area (TPSA) is 75.1 Å². The Morgan fingerprint density at radius 3 is 2.65 bits per heavy atom. The zero-order valence-corrected chi connectivity index (χ0v) is 15.0. The largest absolute Gasteiger partial charge is 0.389 e. The van der Waals surface area contributed by atoms with Crippen molar-refractivity contribution < 1.29 is 14.6 Å². The van der Waals surface area contributed by atoms with Crippen molar-refractivity contribution in [1.82, 2.24) is 10.6 Å². The van der Waals surface area contributed by atoms with Gasteiger partial charge < -0.3 is 25.2 Å². The molecule has 0 bridgehead atoms. The highest BCUT2D eigenvalue weighted by atomic mass is 16.5. The van der Waals surface area contributed by atoms with Crippen molar-refractivity contribution in [3.05, 3.63) is 0 Å². The molecule has 0 aromatic carbocycles. The van der Waals surface area contributed by atoms with Crippen molar-refractivity contribution in [1.29, 1.82) is 0 Å². The number of rotatable bonds is 13. The fourth-order valence-corrected chi connectivity index (χ4v) is 1.95. The number of nitrogens with zero attached hydrogens (tertiary/aromatic N) is 1. The SMILES string of the molecule is CCNC(=NCC(O)COCC(C)C)NCCCOCC1CC1. The van der Waals surface area contributed by atoms with Crippen molar-refractivity contribution in [2.24, 2.45) is 16.8 Å². The summed E-state index contributed by atoms with van der Waals surface area (Å²) in [5.74, 6) is 2.03. The minimum Gasteiger partial charge on any atom is -0.389 e. The Balaban J connectivity index is 2.09. The number of hydrogen-bond donors (Lipinski definition) is 3. The molecule has 23 heavy (non-hydrogen) atoms. The molecule has 0 radical (unpaired) electrons. The molecule has 1 aliphatic rings. The van der Waals surface area contributed by atoms with E-state index in [2.05, 4.69) is 29.5 Å². The first-order chi connectivity index (χ1) is 11.1. The maximum absolute atomic E-state index is 9.87. The van der Waals surface area contributed by atoms with Crippen LogP contribution in [0.5, 0.6) is 0 Å². The van der Waals surface area contributed by atoms with Crippen LogP contribution in [0.3, 0.4) is 0 Å². The molecular weight excluding hydrogens is 294 g/mol. The van der Waals surface area contributed by atoms with Crippen molar-refractivity contribution in [3.63, 3.8) is 0 Å². The van der Waals surface area contributed by atoms with Crippen LogP contribution >= 0.6 is 0 Å². The van der Waals surface area contributed by atoms with Crippen LogP contribution in [0, 0.1) is 11.8 Å². The molecule has 0 spiro atoms. The van der Waals surface area contributed by atoms with Crippen molar-refractivity contribution in [2.75, 3.05) is 46.1 Å². The van der Waals surface area contributed by atoms with E-state index >= 15 is 0 Å². The summed E-state index contributed by atoms with van der Waals surface area (Å²) in [4.78, 5) is 4.39. The van der Waals surface area contributed by atoms with Crippen LogP contribution in [0.2, 0.25) is 0 Å². The van der Waals surface area contributed by atoms with Gasteiger partial charge in [0.2, 0.25) is 0 Å². The molecule has 1 rings (SSSR count). The number of aliphatic hydroxyl groups excluding tert-OH is 1. The van der Waals surface area contributed by atoms with Crippen LogP contribution in [0.25, 0.3) is 0 Å². The van der Waals surface area contributed by atoms with E-state index in [1.54, 1.807) is 0 Å². The van der Waals surface area contributed by atoms with Crippen molar-refractivity contribution in [3.8, 4) is 0 Å². The van der Waals surface area contributed by atoms with Crippen LogP contribution in [0.15, 0.2) is 4.99 Å². The highest BCUT2D eigenvalue weighted by Crippen LogP contribution is 2.28. The third kappa shape index (κ3) is 12.3. The minimum absolute atomic E-state index is 0.329. The van der Waals surface area contributed by atoms with Gasteiger partial charge in [-0.2, -0.15) is 0 Å². The fraction of sp³-hybridized carbons (Fsp3) is 0.941. The lowest BCUT2D eigenvalue weighted by Gasteiger charge is -2.14. The molecule has 0 saturated heterocycles. The molecule has 1 aliphatic carbocycles. The molecule has 1 fully saturated rings. The molecule has 0 heterocycles. The van der Waals surface area contributed by atoms with Crippen LogP contribution in [0.4, 0.5) is 0 Å². The quantitative estimate of drug-likeness (QED) is 0.270. The molecule has 0 aliphatic heterocycles. The van der Waals surface area contributed by atoms with Gasteiger partial charge in [0.25, 0.3) is 0 Å². The van der Waals surface area contributed by atoms with Gasteiger partial charge in [-0.05, 0) is 38.0 Å². The van der Waals surface area contributed by atoms with Gasteiger partial charge in [0, 0.05) is 32.9 Å². The van der Waals surface area contributed by atoms with E-state index in [0.717, 1.165) is 44.6 Å². The third-order valence-corrected chi connectivity index (χ3v) is 3.37. The first-order valence-electron chi connectivity index (χ1n) is 8.97. The van der Waals surface area contributed by atoms with Crippen molar-refractivity contribution in [2.45, 2.75) is 46.1 Å². The van der Waals surface area contributed by atoms with E-state index in [4.69, 9.17) is 9.47 Å². The van der Waals surface area contributed by atoms with Gasteiger partial charge in [-0.1, -0.05) is 13.8 Å². The van der Waals surface area contributed by atoms with Gasteiger partial charge in [-0.15, -0.1) is 0 Å². The maximum Gasteiger partial charge on any atom is 0.191 e. The highest BCUT2D eigenvalue weighted by molar-refractivity contribution is 5.79. The van der Waals surface area contributed by atoms with Crippen LogP contribution in [-0.4, -0.2) is 63.2 Å². The molecule has 0 aromatic heterocycles. The standard InChI is InChI=1S/C17H35N3O3/c1-4-18-17(19-8-5-9-22-12-15-6-7-15)20-10-16(21)13-23-11-14(2)3/h14-16,21H,4-13H2,1-3H3,(H2,18,19,20). The number of nitrogens with one attached hydrogen (secondary N) is 2. The number of guanidine groups is 1. The summed E-state index contributed by atoms with van der Waals surface area (Å²) in [7, 11) is 0. The summed E-state index contributed by atoms with van der Waals surface area (Å²) in [6.07, 6.45) is 3.06. The molecule has 1 atom stereocenters. The zero-order chi connectivity index (χ0) is 16.9. The minimum atomic E-state index is -0.564. The predicted octanol–water partition coefficient (Wildman–Crippen LogP) is 1.39. The van der Waals surface area contributed by atoms with E-state index in [1.807, 2.05) is 6.92 Å². The fourth-order valence-electron chi connectivity index (χ4n) is 1.95. The van der Waals surface area contributed by atoms with Gasteiger partial charge in [0.15, 0.2) is 5.96 Å². The molecule has 0 aromatic rings. The molecule has 6 nitrogen and oxygen atoms in total. The van der Waals surface area contributed by atoms with E-state index in [9.17, 15) is 5.11 Å². The highest BCUT2D eigenvalue weighted by Gasteiger charge is 2.20. The second kappa shape index (κ2) is 12.6. The van der Waals surface area contributed by atoms with Gasteiger partial charge in [-0.3, -0.25) is 4.99 Å². The Morgan fingerprint density at radius 1 is 1.22 bits per heavy atom. The number of aliphatic hydroxyl groups is 1. The predicted molar refractivity (Wildman–Crippen MR) is 93.8 cm³/mol. The van der Waals surface area contributed by atoms with Gasteiger partial charge in [-0.25, -0.2) is 0 Å². The normalized spacial score (nSPS) is 16.7. The number of aliphatic imine (C=N–C) groups is 1. The average Bonchev–Trinajstić information content (AvgIpc) is 3.32. The van der Waals surface area contributed by atoms with Crippen LogP contribution in [0.1, 0.15) is 40.0 Å². The third-order valence-electron chi connectivity index (χ3n) is 3.37. The molecule has 0 amide bonds. The lowest BCUT2D eigenvalue weighted by atomic mass is 10.2. The van der Waals surface area contributed by atoms with Gasteiger partial charge >= 0.3 is 0 Å². The Morgan fingerprint density at radius 2 is 2.00 bits per heavy atom. The van der Waals surface area contributed by atoms with Crippen molar-refractivity contribution >= 4 is 5.96 Å². The summed E-state index contributed by atoms with van der Waals surface area (Å²) in [6.45, 7) is 10.9. The van der Waals surface area contributed by atoms with Gasteiger partial charge in [0.05, 0.1) is 19.3 Å². The number of ether oxygens (including phenoxy) is 2. The van der Waals surface area contributed by atoms with E-state index in [0.29, 0.717) is 25.7 Å². The summed E-state index contributed by atoms with van der Waals surface area (Å²) in [5.41, 5.74) is 0. The molecule has 6 heteroatoms. The Bertz CT molecular complexity index is 320. The summed E-state index contributed by atoms with van der Waals surface area (Å²) < 4.78 is 11.0. The second-order valence-corrected chi connectivity index (χ2v) is 6.60. The Labute approximate surface area is 141 Å². The second-order valence-electron chi connectivity index (χ2n) is 6.60. The monoisotopic (exact) mass is 329 g/mol. The summed E-state index contributed by atoms with van der Waals surface area (Å²) in [5, 5.41) is 16.3. The lowest BCUT2D eigenvalue weighted by molar-refractivity contribution is 0.0301. The van der Waals surface area contributed by atoms with Gasteiger partial charge in [0.1, 0.15) is 0 Å². The first-order valence-corrected chi connectivity index (χ1v) is 8.97. The molecule has 136 valence electrons. The zero-order valence-electron chi connectivity index (χ0n) is 15.0. The smallest absolute Gasteiger partial charge is 0.191 e. The maximum atomic E-state index is 9.87. The van der Waals surface area contributed by atoms with E-state index in [1.165, 1.54) is 12.8 Å². The summed E-state index contributed by atoms with van der Waals surface area (Å²) in [6, 6.07) is 0. The van der Waals surface area contributed by atoms with Crippen LogP contribution in [-0.2, 0) is 9.47 Å². The Hall–Kier alpha value is -0.850. The number of hydrogen-bond acceptors (Lipinski definition) is 4. The molecule has 1 saturated carbocycles. The van der Waals surface area contributed by atoms with Crippen LogP contribution < -0.4 is 10.6 Å². The Kier molecular flexibility index (Phi) is 11.0. The molecular formula is C17H35N3O3. The van der Waals surface area contributed by atoms with E-state index < -0.39 is 6.10 Å². The molecule has 3 N–H and O–H groups in total. The first kappa shape index (κ1) is 20.2. The lowest BCUT2D eigenvalue weighted by Crippen LogP contribution is -2.39. The molecule has 1 unspecified atom stereocenters. The van der Waals surface area contributed by atoms with E-state index in [-0.39, 0.29) is 0 Å².